The number of aromatic hydroxyl groups is 1. The molecule has 0 saturated carbocycles. The van der Waals surface area contributed by atoms with Crippen LogP contribution in [-0.2, 0) is 16.0 Å². The van der Waals surface area contributed by atoms with Crippen LogP contribution in [0.3, 0.4) is 0 Å². The largest absolute Gasteiger partial charge is 0.494 e. The van der Waals surface area contributed by atoms with Crippen molar-refractivity contribution in [1.82, 2.24) is 10.2 Å². The average Bonchev–Trinajstić information content (AvgIpc) is 2.37. The van der Waals surface area contributed by atoms with Crippen LogP contribution in [0.15, 0.2) is 6.07 Å². The maximum atomic E-state index is 9.70. The minimum Gasteiger partial charge on any atom is -0.494 e. The SMILES string of the molecule is O=COCCc1cc(O)[nH]n1. The van der Waals surface area contributed by atoms with E-state index in [1.165, 1.54) is 6.07 Å². The average molecular weight is 156 g/mol. The van der Waals surface area contributed by atoms with Crippen LogP contribution in [-0.4, -0.2) is 28.4 Å². The maximum absolute atomic E-state index is 9.70. The number of rotatable bonds is 4. The second-order valence-electron chi connectivity index (χ2n) is 1.96. The summed E-state index contributed by atoms with van der Waals surface area (Å²) in [4.78, 5) is 9.70. The summed E-state index contributed by atoms with van der Waals surface area (Å²) < 4.78 is 4.43. The number of hydrogen-bond acceptors (Lipinski definition) is 4. The lowest BCUT2D eigenvalue weighted by Crippen LogP contribution is -1.96. The van der Waals surface area contributed by atoms with E-state index in [0.717, 1.165) is 0 Å². The second-order valence-corrected chi connectivity index (χ2v) is 1.96. The molecule has 2 N–H and O–H groups in total. The fourth-order valence-corrected chi connectivity index (χ4v) is 0.691. The minimum atomic E-state index is 0.0195. The van der Waals surface area contributed by atoms with Gasteiger partial charge in [0.05, 0.1) is 12.3 Å². The molecule has 5 heteroatoms. The Morgan fingerprint density at radius 3 is 3.18 bits per heavy atom. The first-order valence-corrected chi connectivity index (χ1v) is 3.11. The molecule has 0 amide bonds. The van der Waals surface area contributed by atoms with Crippen LogP contribution in [0.25, 0.3) is 0 Å². The summed E-state index contributed by atoms with van der Waals surface area (Å²) in [5.41, 5.74) is 0.671. The third-order valence-electron chi connectivity index (χ3n) is 1.16. The van der Waals surface area contributed by atoms with Gasteiger partial charge in [0.25, 0.3) is 6.47 Å². The van der Waals surface area contributed by atoms with E-state index in [4.69, 9.17) is 5.11 Å². The van der Waals surface area contributed by atoms with Crippen LogP contribution in [0.5, 0.6) is 5.88 Å². The van der Waals surface area contributed by atoms with Gasteiger partial charge >= 0.3 is 0 Å². The standard InChI is InChI=1S/C6H8N2O3/c9-4-11-2-1-5-3-6(10)8-7-5/h3-4H,1-2H2,(H2,7,8,10). The summed E-state index contributed by atoms with van der Waals surface area (Å²) in [6.45, 7) is 0.667. The molecule has 0 unspecified atom stereocenters. The smallest absolute Gasteiger partial charge is 0.293 e. The summed E-state index contributed by atoms with van der Waals surface area (Å²) in [5, 5.41) is 14.9. The lowest BCUT2D eigenvalue weighted by atomic mass is 10.3. The lowest BCUT2D eigenvalue weighted by molar-refractivity contribution is -0.128. The zero-order valence-corrected chi connectivity index (χ0v) is 5.78. The number of hydrogen-bond donors (Lipinski definition) is 2. The quantitative estimate of drug-likeness (QED) is 0.468. The first kappa shape index (κ1) is 7.59. The normalized spacial score (nSPS) is 9.45. The molecule has 1 heterocycles. The molecule has 0 fully saturated rings. The minimum absolute atomic E-state index is 0.0195. The van der Waals surface area contributed by atoms with Crippen LogP contribution < -0.4 is 0 Å². The molecular formula is C6H8N2O3. The molecule has 0 atom stereocenters. The number of nitrogens with one attached hydrogen (secondary N) is 1. The molecule has 0 aliphatic carbocycles. The summed E-state index contributed by atoms with van der Waals surface area (Å²) >= 11 is 0. The number of aromatic nitrogens is 2. The Bertz CT molecular complexity index is 233. The van der Waals surface area contributed by atoms with Crippen LogP contribution in [0.2, 0.25) is 0 Å². The molecule has 1 aromatic rings. The Labute approximate surface area is 63.0 Å². The Morgan fingerprint density at radius 2 is 2.64 bits per heavy atom. The number of ether oxygens (including phenoxy) is 1. The van der Waals surface area contributed by atoms with Crippen molar-refractivity contribution in [2.75, 3.05) is 6.61 Å². The third kappa shape index (κ3) is 2.29. The molecule has 0 aromatic carbocycles. The van der Waals surface area contributed by atoms with Gasteiger partial charge in [-0.15, -0.1) is 0 Å². The van der Waals surface area contributed by atoms with E-state index in [-0.39, 0.29) is 12.5 Å². The number of nitrogens with zero attached hydrogens (tertiary/aromatic N) is 1. The molecule has 1 rings (SSSR count). The van der Waals surface area contributed by atoms with E-state index in [1.54, 1.807) is 0 Å². The van der Waals surface area contributed by atoms with E-state index in [2.05, 4.69) is 14.9 Å². The highest BCUT2D eigenvalue weighted by molar-refractivity contribution is 5.36. The maximum Gasteiger partial charge on any atom is 0.293 e. The van der Waals surface area contributed by atoms with Crippen molar-refractivity contribution in [3.63, 3.8) is 0 Å². The third-order valence-corrected chi connectivity index (χ3v) is 1.16. The topological polar surface area (TPSA) is 75.2 Å². The molecule has 1 aromatic heterocycles. The first-order valence-electron chi connectivity index (χ1n) is 3.11. The van der Waals surface area contributed by atoms with Gasteiger partial charge in [0.1, 0.15) is 0 Å². The van der Waals surface area contributed by atoms with Crippen LogP contribution in [0.1, 0.15) is 5.69 Å². The van der Waals surface area contributed by atoms with E-state index < -0.39 is 0 Å². The monoisotopic (exact) mass is 156 g/mol. The highest BCUT2D eigenvalue weighted by Crippen LogP contribution is 2.04. The van der Waals surface area contributed by atoms with Crippen molar-refractivity contribution in [3.05, 3.63) is 11.8 Å². The van der Waals surface area contributed by atoms with Crippen molar-refractivity contribution < 1.29 is 14.6 Å². The molecular weight excluding hydrogens is 148 g/mol. The molecule has 0 saturated heterocycles. The van der Waals surface area contributed by atoms with Crippen molar-refractivity contribution in [3.8, 4) is 5.88 Å². The lowest BCUT2D eigenvalue weighted by Gasteiger charge is -1.92. The molecule has 0 radical (unpaired) electrons. The van der Waals surface area contributed by atoms with Gasteiger partial charge in [0.15, 0.2) is 0 Å². The van der Waals surface area contributed by atoms with Crippen molar-refractivity contribution >= 4 is 6.47 Å². The molecule has 60 valence electrons. The summed E-state index contributed by atoms with van der Waals surface area (Å²) in [7, 11) is 0. The van der Waals surface area contributed by atoms with Crippen molar-refractivity contribution in [1.29, 1.82) is 0 Å². The van der Waals surface area contributed by atoms with Crippen LogP contribution in [0.4, 0.5) is 0 Å². The fourth-order valence-electron chi connectivity index (χ4n) is 0.691. The fraction of sp³-hybridized carbons (Fsp3) is 0.333. The Hall–Kier alpha value is -1.52. The summed E-state index contributed by atoms with van der Waals surface area (Å²) in [6, 6.07) is 1.48. The number of H-pyrrole nitrogens is 1. The first-order chi connectivity index (χ1) is 5.33. The molecule has 0 aliphatic heterocycles. The van der Waals surface area contributed by atoms with Gasteiger partial charge in [-0.05, 0) is 0 Å². The predicted octanol–water partition coefficient (Wildman–Crippen LogP) is -0.169. The number of carbonyl (C=O) groups is 1. The summed E-state index contributed by atoms with van der Waals surface area (Å²) in [5.74, 6) is 0.0195. The predicted molar refractivity (Wildman–Crippen MR) is 36.0 cm³/mol. The summed E-state index contributed by atoms with van der Waals surface area (Å²) in [6.07, 6.45) is 0.510. The highest BCUT2D eigenvalue weighted by atomic mass is 16.5. The second kappa shape index (κ2) is 3.60. The van der Waals surface area contributed by atoms with Gasteiger partial charge in [0, 0.05) is 12.5 Å². The Morgan fingerprint density at radius 1 is 1.82 bits per heavy atom. The van der Waals surface area contributed by atoms with Crippen LogP contribution >= 0.6 is 0 Å². The molecule has 0 spiro atoms. The van der Waals surface area contributed by atoms with Gasteiger partial charge in [0.2, 0.25) is 5.88 Å². The van der Waals surface area contributed by atoms with Gasteiger partial charge < -0.3 is 9.84 Å². The van der Waals surface area contributed by atoms with Gasteiger partial charge in [-0.3, -0.25) is 4.79 Å². The van der Waals surface area contributed by atoms with E-state index in [9.17, 15) is 4.79 Å². The Balaban J connectivity index is 2.32. The van der Waals surface area contributed by atoms with Crippen molar-refractivity contribution in [2.45, 2.75) is 6.42 Å². The molecule has 0 aliphatic rings. The van der Waals surface area contributed by atoms with Crippen molar-refractivity contribution in [2.24, 2.45) is 0 Å². The van der Waals surface area contributed by atoms with Gasteiger partial charge in [-0.25, -0.2) is 5.10 Å². The van der Waals surface area contributed by atoms with E-state index >= 15 is 0 Å². The van der Waals surface area contributed by atoms with Crippen LogP contribution in [0, 0.1) is 0 Å². The molecule has 0 bridgehead atoms. The number of aromatic amines is 1. The van der Waals surface area contributed by atoms with Gasteiger partial charge in [-0.1, -0.05) is 0 Å². The van der Waals surface area contributed by atoms with E-state index in [0.29, 0.717) is 18.6 Å². The zero-order chi connectivity index (χ0) is 8.10. The molecule has 11 heavy (non-hydrogen) atoms. The van der Waals surface area contributed by atoms with E-state index in [1.807, 2.05) is 0 Å². The Kier molecular flexibility index (Phi) is 2.48. The molecule has 5 nitrogen and oxygen atoms in total. The number of carbonyl (C=O) groups excluding carboxylic acids is 1. The zero-order valence-electron chi connectivity index (χ0n) is 5.78. The van der Waals surface area contributed by atoms with Gasteiger partial charge in [-0.2, -0.15) is 5.10 Å². The highest BCUT2D eigenvalue weighted by Gasteiger charge is 1.97.